The van der Waals surface area contributed by atoms with Crippen LogP contribution >= 0.6 is 11.6 Å². The normalized spacial score (nSPS) is 10.5. The third-order valence-corrected chi connectivity index (χ3v) is 3.67. The molecule has 28 heavy (non-hydrogen) atoms. The van der Waals surface area contributed by atoms with Gasteiger partial charge in [0, 0.05) is 22.7 Å². The number of nitrogens with zero attached hydrogens (tertiary/aromatic N) is 3. The summed E-state index contributed by atoms with van der Waals surface area (Å²) in [5, 5.41) is 25.2. The molecule has 10 nitrogen and oxygen atoms in total. The van der Waals surface area contributed by atoms with Gasteiger partial charge in [-0.15, -0.1) is 0 Å². The average molecular weight is 406 g/mol. The van der Waals surface area contributed by atoms with Crippen molar-refractivity contribution in [2.75, 3.05) is 6.61 Å². The van der Waals surface area contributed by atoms with Gasteiger partial charge in [0.2, 0.25) is 11.6 Å². The van der Waals surface area contributed by atoms with E-state index in [1.165, 1.54) is 30.3 Å². The molecule has 1 heterocycles. The molecule has 0 atom stereocenters. The van der Waals surface area contributed by atoms with Crippen LogP contribution in [0.1, 0.15) is 17.6 Å². The molecule has 0 saturated carbocycles. The number of aromatic nitrogens is 2. The molecule has 144 valence electrons. The summed E-state index contributed by atoms with van der Waals surface area (Å²) in [6.45, 7) is 1.75. The fourth-order valence-corrected chi connectivity index (χ4v) is 2.36. The smallest absolute Gasteiger partial charge is 0.397 e. The number of carbonyl (C=O) groups is 1. The minimum absolute atomic E-state index is 0.00981. The van der Waals surface area contributed by atoms with Gasteiger partial charge in [-0.1, -0.05) is 16.8 Å². The van der Waals surface area contributed by atoms with E-state index in [4.69, 9.17) is 25.6 Å². The first kappa shape index (κ1) is 19.1. The van der Waals surface area contributed by atoms with Crippen molar-refractivity contribution in [1.29, 1.82) is 0 Å². The molecular formula is C17H12ClN3O7. The van der Waals surface area contributed by atoms with E-state index in [9.17, 15) is 20.0 Å². The van der Waals surface area contributed by atoms with Crippen LogP contribution in [0.25, 0.3) is 11.4 Å². The molecular weight excluding hydrogens is 394 g/mol. The van der Waals surface area contributed by atoms with E-state index in [1.807, 2.05) is 0 Å². The summed E-state index contributed by atoms with van der Waals surface area (Å²) >= 11 is 5.75. The van der Waals surface area contributed by atoms with Crippen LogP contribution in [0.15, 0.2) is 40.9 Å². The number of nitro groups is 1. The van der Waals surface area contributed by atoms with Gasteiger partial charge >= 0.3 is 17.5 Å². The average Bonchev–Trinajstić information content (AvgIpc) is 3.14. The maximum Gasteiger partial charge on any atom is 0.397 e. The molecule has 0 aliphatic rings. The number of hydrogen-bond donors (Lipinski definition) is 1. The lowest BCUT2D eigenvalue weighted by Gasteiger charge is -2.08. The van der Waals surface area contributed by atoms with E-state index in [0.717, 1.165) is 6.07 Å². The van der Waals surface area contributed by atoms with Crippen LogP contribution in [-0.4, -0.2) is 32.7 Å². The van der Waals surface area contributed by atoms with E-state index < -0.39 is 16.6 Å². The van der Waals surface area contributed by atoms with Crippen LogP contribution in [0.2, 0.25) is 5.02 Å². The Morgan fingerprint density at radius 2 is 2.04 bits per heavy atom. The van der Waals surface area contributed by atoms with Crippen molar-refractivity contribution in [2.45, 2.75) is 6.92 Å². The lowest BCUT2D eigenvalue weighted by molar-refractivity contribution is -0.385. The number of carbonyl (C=O) groups excluding carboxylic acids is 1. The SMILES string of the molecule is CCOC(=O)c1nc(-c2ccc(Oc3ccc(Cl)cc3O)c([N+](=O)[O-])c2)no1. The Morgan fingerprint density at radius 1 is 1.29 bits per heavy atom. The van der Waals surface area contributed by atoms with E-state index in [-0.39, 0.29) is 46.2 Å². The van der Waals surface area contributed by atoms with Crippen molar-refractivity contribution in [3.05, 3.63) is 57.4 Å². The molecule has 0 amide bonds. The van der Waals surface area contributed by atoms with Crippen LogP contribution in [-0.2, 0) is 4.74 Å². The fourth-order valence-electron chi connectivity index (χ4n) is 2.20. The molecule has 0 spiro atoms. The highest BCUT2D eigenvalue weighted by Gasteiger charge is 2.22. The molecule has 0 radical (unpaired) electrons. The third-order valence-electron chi connectivity index (χ3n) is 3.43. The second kappa shape index (κ2) is 7.92. The highest BCUT2D eigenvalue weighted by atomic mass is 35.5. The van der Waals surface area contributed by atoms with Crippen molar-refractivity contribution in [3.8, 4) is 28.6 Å². The molecule has 0 aliphatic heterocycles. The molecule has 11 heteroatoms. The maximum absolute atomic E-state index is 11.6. The summed E-state index contributed by atoms with van der Waals surface area (Å²) in [6, 6.07) is 7.99. The first-order valence-electron chi connectivity index (χ1n) is 7.85. The summed E-state index contributed by atoms with van der Waals surface area (Å²) in [4.78, 5) is 26.2. The number of esters is 1. The molecule has 3 aromatic rings. The largest absolute Gasteiger partial charge is 0.504 e. The molecule has 2 aromatic carbocycles. The monoisotopic (exact) mass is 405 g/mol. The molecule has 0 saturated heterocycles. The molecule has 0 fully saturated rings. The molecule has 0 aliphatic carbocycles. The quantitative estimate of drug-likeness (QED) is 0.366. The zero-order valence-electron chi connectivity index (χ0n) is 14.3. The van der Waals surface area contributed by atoms with E-state index in [2.05, 4.69) is 10.1 Å². The van der Waals surface area contributed by atoms with Crippen molar-refractivity contribution in [2.24, 2.45) is 0 Å². The van der Waals surface area contributed by atoms with Gasteiger partial charge in [-0.2, -0.15) is 4.98 Å². The van der Waals surface area contributed by atoms with Crippen LogP contribution in [0.4, 0.5) is 5.69 Å². The van der Waals surface area contributed by atoms with E-state index in [1.54, 1.807) is 6.92 Å². The number of rotatable bonds is 6. The van der Waals surface area contributed by atoms with Crippen LogP contribution in [0, 0.1) is 10.1 Å². The number of benzene rings is 2. The van der Waals surface area contributed by atoms with Gasteiger partial charge in [0.25, 0.3) is 0 Å². The Labute approximate surface area is 162 Å². The van der Waals surface area contributed by atoms with Crippen molar-refractivity contribution in [1.82, 2.24) is 10.1 Å². The van der Waals surface area contributed by atoms with Gasteiger partial charge in [0.15, 0.2) is 11.5 Å². The lowest BCUT2D eigenvalue weighted by atomic mass is 10.1. The Bertz CT molecular complexity index is 1050. The number of ether oxygens (including phenoxy) is 2. The van der Waals surface area contributed by atoms with Gasteiger partial charge in [-0.3, -0.25) is 10.1 Å². The minimum Gasteiger partial charge on any atom is -0.504 e. The number of nitro benzene ring substituents is 1. The van der Waals surface area contributed by atoms with Crippen molar-refractivity contribution in [3.63, 3.8) is 0 Å². The Morgan fingerprint density at radius 3 is 2.71 bits per heavy atom. The van der Waals surface area contributed by atoms with Gasteiger partial charge in [0.05, 0.1) is 11.5 Å². The molecule has 1 N–H and O–H groups in total. The number of aromatic hydroxyl groups is 1. The fraction of sp³-hybridized carbons (Fsp3) is 0.118. The number of phenolic OH excluding ortho intramolecular Hbond substituents is 1. The minimum atomic E-state index is -0.797. The predicted molar refractivity (Wildman–Crippen MR) is 95.5 cm³/mol. The summed E-state index contributed by atoms with van der Waals surface area (Å²) < 4.78 is 15.0. The summed E-state index contributed by atoms with van der Waals surface area (Å²) in [5.41, 5.74) is -0.187. The van der Waals surface area contributed by atoms with Crippen molar-refractivity contribution < 1.29 is 28.8 Å². The Balaban J connectivity index is 1.93. The van der Waals surface area contributed by atoms with Gasteiger partial charge < -0.3 is 19.1 Å². The van der Waals surface area contributed by atoms with Gasteiger partial charge in [-0.25, -0.2) is 4.79 Å². The number of halogens is 1. The van der Waals surface area contributed by atoms with E-state index >= 15 is 0 Å². The maximum atomic E-state index is 11.6. The number of hydrogen-bond acceptors (Lipinski definition) is 9. The second-order valence-electron chi connectivity index (χ2n) is 5.30. The topological polar surface area (TPSA) is 138 Å². The Kier molecular flexibility index (Phi) is 5.41. The summed E-state index contributed by atoms with van der Waals surface area (Å²) in [6.07, 6.45) is 0. The van der Waals surface area contributed by atoms with Crippen LogP contribution < -0.4 is 4.74 Å². The highest BCUT2D eigenvalue weighted by molar-refractivity contribution is 6.30. The zero-order valence-corrected chi connectivity index (χ0v) is 15.0. The van der Waals surface area contributed by atoms with Gasteiger partial charge in [0.1, 0.15) is 0 Å². The first-order valence-corrected chi connectivity index (χ1v) is 8.23. The van der Waals surface area contributed by atoms with E-state index in [0.29, 0.717) is 0 Å². The second-order valence-corrected chi connectivity index (χ2v) is 5.73. The summed E-state index contributed by atoms with van der Waals surface area (Å²) in [7, 11) is 0. The molecule has 1 aromatic heterocycles. The Hall–Kier alpha value is -3.66. The predicted octanol–water partition coefficient (Wildman–Crippen LogP) is 3.97. The zero-order chi connectivity index (χ0) is 20.3. The van der Waals surface area contributed by atoms with Crippen LogP contribution in [0.5, 0.6) is 17.2 Å². The van der Waals surface area contributed by atoms with Gasteiger partial charge in [-0.05, 0) is 31.2 Å². The molecule has 0 unspecified atom stereocenters. The first-order chi connectivity index (χ1) is 13.4. The molecule has 3 rings (SSSR count). The third kappa shape index (κ3) is 4.01. The number of phenols is 1. The highest BCUT2D eigenvalue weighted by Crippen LogP contribution is 2.38. The van der Waals surface area contributed by atoms with Crippen molar-refractivity contribution >= 4 is 23.3 Å². The van der Waals surface area contributed by atoms with Crippen LogP contribution in [0.3, 0.4) is 0 Å². The lowest BCUT2D eigenvalue weighted by Crippen LogP contribution is -2.04. The summed E-state index contributed by atoms with van der Waals surface area (Å²) in [5.74, 6) is -1.61. The standard InChI is InChI=1S/C17H12ClN3O7/c1-2-26-17(23)16-19-15(20-28-16)9-3-5-13(11(7-9)21(24)25)27-14-6-4-10(18)8-12(14)22/h3-8,22H,2H2,1H3. The molecule has 0 bridgehead atoms.